The lowest BCUT2D eigenvalue weighted by Gasteiger charge is -2.26. The highest BCUT2D eigenvalue weighted by Gasteiger charge is 2.55. The van der Waals surface area contributed by atoms with Crippen LogP contribution in [0.25, 0.3) is 10.1 Å². The highest BCUT2D eigenvalue weighted by Crippen LogP contribution is 2.67. The van der Waals surface area contributed by atoms with Crippen LogP contribution in [-0.4, -0.2) is 49.5 Å². The molecule has 160 valence electrons. The van der Waals surface area contributed by atoms with Crippen molar-refractivity contribution < 1.29 is 32.0 Å². The summed E-state index contributed by atoms with van der Waals surface area (Å²) in [5.41, 5.74) is -3.88. The van der Waals surface area contributed by atoms with Gasteiger partial charge < -0.3 is 14.4 Å². The average Bonchev–Trinajstić information content (AvgIpc) is 3.14. The van der Waals surface area contributed by atoms with Crippen molar-refractivity contribution in [1.82, 2.24) is 5.32 Å². The molecule has 1 heterocycles. The molecular weight excluding hydrogens is 463 g/mol. The highest BCUT2D eigenvalue weighted by atomic mass is 32.2. The summed E-state index contributed by atoms with van der Waals surface area (Å²) < 4.78 is 54.2. The van der Waals surface area contributed by atoms with Gasteiger partial charge in [0.15, 0.2) is 5.62 Å². The number of nitrogens with one attached hydrogen (secondary N) is 1. The number of hydrogen-bond donors (Lipinski definition) is 1. The second-order valence-electron chi connectivity index (χ2n) is 5.61. The number of carbonyl (C=O) groups excluding carboxylic acids is 2. The van der Waals surface area contributed by atoms with E-state index in [1.54, 1.807) is 6.26 Å². The van der Waals surface area contributed by atoms with Gasteiger partial charge in [-0.2, -0.15) is 20.5 Å². The zero-order valence-electron chi connectivity index (χ0n) is 15.7. The fourth-order valence-corrected chi connectivity index (χ4v) is 5.60. The van der Waals surface area contributed by atoms with Gasteiger partial charge in [-0.15, -0.1) is 11.3 Å². The van der Waals surface area contributed by atoms with Crippen molar-refractivity contribution >= 4 is 64.1 Å². The molecule has 1 N–H and O–H groups in total. The number of thiophene rings is 1. The maximum atomic E-state index is 15.2. The Hall–Kier alpha value is -0.970. The Labute approximate surface area is 179 Å². The van der Waals surface area contributed by atoms with Gasteiger partial charge in [0.1, 0.15) is 0 Å². The van der Waals surface area contributed by atoms with Gasteiger partial charge in [-0.3, -0.25) is 14.2 Å². The van der Waals surface area contributed by atoms with E-state index in [0.29, 0.717) is 26.3 Å². The normalized spacial score (nSPS) is 13.9. The third-order valence-electron chi connectivity index (χ3n) is 3.74. The third-order valence-corrected chi connectivity index (χ3v) is 7.96. The number of hydrogen-bond acceptors (Lipinski definition) is 8. The molecule has 0 saturated heterocycles. The average molecular weight is 484 g/mol. The first-order chi connectivity index (χ1) is 13.8. The summed E-state index contributed by atoms with van der Waals surface area (Å²) >= 11 is 3.35. The van der Waals surface area contributed by atoms with Crippen molar-refractivity contribution in [3.05, 3.63) is 34.7 Å². The fourth-order valence-electron chi connectivity index (χ4n) is 2.32. The molecule has 2 rings (SSSR count). The summed E-state index contributed by atoms with van der Waals surface area (Å²) in [5, 5.41) is 2.91. The molecule has 1 aromatic carbocycles. The van der Waals surface area contributed by atoms with Crippen LogP contribution in [0, 0.1) is 0 Å². The van der Waals surface area contributed by atoms with Gasteiger partial charge in [-0.05, 0) is 29.8 Å². The van der Waals surface area contributed by atoms with Crippen LogP contribution in [0.4, 0.5) is 8.78 Å². The van der Waals surface area contributed by atoms with Crippen LogP contribution < -0.4 is 5.32 Å². The van der Waals surface area contributed by atoms with Crippen molar-refractivity contribution in [2.24, 2.45) is 0 Å². The molecule has 29 heavy (non-hydrogen) atoms. The molecule has 1 atom stereocenters. The van der Waals surface area contributed by atoms with Crippen molar-refractivity contribution in [3.8, 4) is 0 Å². The first kappa shape index (κ1) is 24.3. The van der Waals surface area contributed by atoms with Gasteiger partial charge in [0.2, 0.25) is 0 Å². The number of halogens is 2. The maximum Gasteiger partial charge on any atom is 0.404 e. The number of carbonyl (C=O) groups is 2. The van der Waals surface area contributed by atoms with Crippen LogP contribution in [-0.2, 0) is 24.1 Å². The Balaban J connectivity index is 2.35. The van der Waals surface area contributed by atoms with Crippen molar-refractivity contribution in [2.75, 3.05) is 38.0 Å². The summed E-state index contributed by atoms with van der Waals surface area (Å²) in [7, 11) is -3.38. The van der Waals surface area contributed by atoms with E-state index in [9.17, 15) is 14.2 Å². The standard InChI is InChI=1S/C17H20F2NO5PS3/c1-20-16(22)15-10-12-9-13(3-4-14(12)29-15)17(18,19)26(23,24-5-7-27-2)25-6-8-28-11-21/h3-4,9-11H,5-8H2,1-2H3,(H,20,22). The number of amides is 1. The highest BCUT2D eigenvalue weighted by molar-refractivity contribution is 8.11. The monoisotopic (exact) mass is 483 g/mol. The number of rotatable bonds is 12. The van der Waals surface area contributed by atoms with Gasteiger partial charge in [-0.25, -0.2) is 0 Å². The molecule has 0 bridgehead atoms. The smallest absolute Gasteiger partial charge is 0.354 e. The lowest BCUT2D eigenvalue weighted by molar-refractivity contribution is 0.0367. The van der Waals surface area contributed by atoms with Gasteiger partial charge in [0.05, 0.1) is 18.1 Å². The van der Waals surface area contributed by atoms with Gasteiger partial charge in [-0.1, -0.05) is 17.8 Å². The zero-order chi connectivity index (χ0) is 21.5. The molecule has 0 saturated carbocycles. The molecule has 0 aliphatic heterocycles. The number of thioether (sulfide) groups is 2. The second kappa shape index (κ2) is 10.9. The lowest BCUT2D eigenvalue weighted by Crippen LogP contribution is -2.19. The van der Waals surface area contributed by atoms with E-state index in [0.717, 1.165) is 17.8 Å². The summed E-state index contributed by atoms with van der Waals surface area (Å²) in [6.45, 7) is -0.493. The predicted octanol–water partition coefficient (Wildman–Crippen LogP) is 4.82. The van der Waals surface area contributed by atoms with E-state index < -0.39 is 18.8 Å². The third kappa shape index (κ3) is 5.80. The largest absolute Gasteiger partial charge is 0.404 e. The van der Waals surface area contributed by atoms with E-state index >= 15 is 8.78 Å². The van der Waals surface area contributed by atoms with Crippen LogP contribution in [0.2, 0.25) is 0 Å². The summed E-state index contributed by atoms with van der Waals surface area (Å²) in [6, 6.07) is 5.29. The first-order valence-electron chi connectivity index (χ1n) is 8.36. The van der Waals surface area contributed by atoms with E-state index in [1.807, 2.05) is 0 Å². The molecule has 2 aromatic rings. The molecule has 1 amide bonds. The van der Waals surface area contributed by atoms with Crippen LogP contribution in [0.3, 0.4) is 0 Å². The molecule has 1 aromatic heterocycles. The van der Waals surface area contributed by atoms with E-state index in [1.165, 1.54) is 48.3 Å². The quantitative estimate of drug-likeness (QED) is 0.263. The van der Waals surface area contributed by atoms with Crippen LogP contribution in [0.1, 0.15) is 15.2 Å². The Bertz CT molecular complexity index is 908. The van der Waals surface area contributed by atoms with Crippen molar-refractivity contribution in [1.29, 1.82) is 0 Å². The summed E-state index contributed by atoms with van der Waals surface area (Å²) in [4.78, 5) is 22.5. The number of alkyl halides is 2. The molecule has 0 radical (unpaired) electrons. The minimum absolute atomic E-state index is 0.0779. The molecule has 0 spiro atoms. The summed E-state index contributed by atoms with van der Waals surface area (Å²) in [5.74, 6) is 0.127. The Kier molecular flexibility index (Phi) is 9.12. The Morgan fingerprint density at radius 2 is 1.97 bits per heavy atom. The van der Waals surface area contributed by atoms with Crippen molar-refractivity contribution in [3.63, 3.8) is 0 Å². The van der Waals surface area contributed by atoms with Gasteiger partial charge >= 0.3 is 13.3 Å². The van der Waals surface area contributed by atoms with Gasteiger partial charge in [0, 0.05) is 28.8 Å². The lowest BCUT2D eigenvalue weighted by atomic mass is 10.1. The Morgan fingerprint density at radius 1 is 1.28 bits per heavy atom. The van der Waals surface area contributed by atoms with Crippen LogP contribution in [0.15, 0.2) is 24.3 Å². The molecule has 0 aliphatic carbocycles. The zero-order valence-corrected chi connectivity index (χ0v) is 19.0. The molecule has 0 fully saturated rings. The van der Waals surface area contributed by atoms with Crippen LogP contribution in [0.5, 0.6) is 0 Å². The summed E-state index contributed by atoms with van der Waals surface area (Å²) in [6.07, 6.45) is 1.77. The van der Waals surface area contributed by atoms with Crippen molar-refractivity contribution in [2.45, 2.75) is 5.66 Å². The fraction of sp³-hybridized carbons (Fsp3) is 0.412. The SMILES string of the molecule is CNC(=O)c1cc2cc(C(F)(F)P(=O)(OCCSC)OCCSC=O)ccc2s1. The Morgan fingerprint density at radius 3 is 2.59 bits per heavy atom. The molecule has 12 heteroatoms. The topological polar surface area (TPSA) is 81.7 Å². The first-order valence-corrected chi connectivity index (χ1v) is 13.2. The molecule has 1 unspecified atom stereocenters. The van der Waals surface area contributed by atoms with Gasteiger partial charge in [0.25, 0.3) is 5.91 Å². The molecular formula is C17H20F2NO5PS3. The minimum Gasteiger partial charge on any atom is -0.354 e. The van der Waals surface area contributed by atoms with E-state index in [2.05, 4.69) is 5.32 Å². The van der Waals surface area contributed by atoms with Crippen LogP contribution >= 0.6 is 42.5 Å². The molecule has 6 nitrogen and oxygen atoms in total. The maximum absolute atomic E-state index is 15.2. The molecule has 0 aliphatic rings. The van der Waals surface area contributed by atoms with E-state index in [4.69, 9.17) is 9.05 Å². The number of fused-ring (bicyclic) bond motifs is 1. The predicted molar refractivity (Wildman–Crippen MR) is 116 cm³/mol. The second-order valence-corrected chi connectivity index (χ2v) is 10.7. The minimum atomic E-state index is -4.86. The van der Waals surface area contributed by atoms with E-state index in [-0.39, 0.29) is 24.9 Å². The number of benzene rings is 1.